The van der Waals surface area contributed by atoms with Crippen molar-refractivity contribution in [2.24, 2.45) is 5.92 Å². The Labute approximate surface area is 68.5 Å². The van der Waals surface area contributed by atoms with Crippen LogP contribution in [0.5, 0.6) is 0 Å². The van der Waals surface area contributed by atoms with Crippen molar-refractivity contribution in [3.05, 3.63) is 0 Å². The Morgan fingerprint density at radius 2 is 2.50 bits per heavy atom. The third-order valence-corrected chi connectivity index (χ3v) is 2.26. The van der Waals surface area contributed by atoms with E-state index in [-0.39, 0.29) is 0 Å². The van der Waals surface area contributed by atoms with Crippen molar-refractivity contribution in [1.29, 1.82) is 0 Å². The highest BCUT2D eigenvalue weighted by Gasteiger charge is 2.13. The molecule has 0 bridgehead atoms. The molecule has 0 aliphatic carbocycles. The van der Waals surface area contributed by atoms with Gasteiger partial charge in [0.15, 0.2) is 6.54 Å². The van der Waals surface area contributed by atoms with Crippen molar-refractivity contribution in [3.8, 4) is 0 Å². The first-order valence-corrected chi connectivity index (χ1v) is 4.64. The smallest absolute Gasteiger partial charge is 0.151 e. The molecule has 0 radical (unpaired) electrons. The second-order valence-electron chi connectivity index (χ2n) is 3.07. The van der Waals surface area contributed by atoms with Crippen molar-refractivity contribution < 1.29 is 4.58 Å². The quantitative estimate of drug-likeness (QED) is 0.457. The molecule has 0 saturated heterocycles. The van der Waals surface area contributed by atoms with Gasteiger partial charge in [-0.1, -0.05) is 6.92 Å². The fourth-order valence-electron chi connectivity index (χ4n) is 1.26. The molecular weight excluding hydrogens is 142 g/mol. The molecule has 1 aliphatic heterocycles. The fraction of sp³-hybridized carbons (Fsp3) is 0.875. The highest BCUT2D eigenvalue weighted by atomic mass is 32.1. The maximum absolute atomic E-state index is 4.19. The predicted molar refractivity (Wildman–Crippen MR) is 48.3 cm³/mol. The van der Waals surface area contributed by atoms with Crippen LogP contribution < -0.4 is 0 Å². The maximum Gasteiger partial charge on any atom is 0.151 e. The monoisotopic (exact) mass is 158 g/mol. The standard InChI is InChI=1S/C8H15NS/c1-8-2-4-9(5-3-8)6-7-10/h4,8H,2-3,5-7H2,1H3/p+1. The Kier molecular flexibility index (Phi) is 3.26. The molecule has 0 saturated carbocycles. The van der Waals surface area contributed by atoms with Crippen LogP contribution in [0.15, 0.2) is 0 Å². The summed E-state index contributed by atoms with van der Waals surface area (Å²) in [6, 6.07) is 0. The minimum Gasteiger partial charge on any atom is -0.239 e. The summed E-state index contributed by atoms with van der Waals surface area (Å²) < 4.78 is 2.38. The van der Waals surface area contributed by atoms with E-state index in [2.05, 4.69) is 30.3 Å². The topological polar surface area (TPSA) is 3.01 Å². The molecule has 0 aromatic carbocycles. The molecule has 0 N–H and O–H groups in total. The van der Waals surface area contributed by atoms with E-state index in [1.165, 1.54) is 19.4 Å². The Morgan fingerprint density at radius 3 is 3.00 bits per heavy atom. The van der Waals surface area contributed by atoms with E-state index in [4.69, 9.17) is 0 Å². The number of rotatable bonds is 2. The Hall–Kier alpha value is 0.0200. The maximum atomic E-state index is 4.19. The molecule has 2 heteroatoms. The van der Waals surface area contributed by atoms with Crippen LogP contribution in [0, 0.1) is 5.92 Å². The Bertz CT molecular complexity index is 131. The molecule has 0 fully saturated rings. The molecule has 0 aromatic rings. The van der Waals surface area contributed by atoms with Crippen LogP contribution in [0.1, 0.15) is 19.8 Å². The molecule has 0 amide bonds. The summed E-state index contributed by atoms with van der Waals surface area (Å²) in [4.78, 5) is 0. The molecule has 10 heavy (non-hydrogen) atoms. The second kappa shape index (κ2) is 4.02. The van der Waals surface area contributed by atoms with Gasteiger partial charge in [0.25, 0.3) is 0 Å². The van der Waals surface area contributed by atoms with Crippen molar-refractivity contribution in [3.63, 3.8) is 0 Å². The third kappa shape index (κ3) is 2.33. The van der Waals surface area contributed by atoms with Gasteiger partial charge in [0.2, 0.25) is 0 Å². The van der Waals surface area contributed by atoms with E-state index in [1.807, 2.05) is 0 Å². The van der Waals surface area contributed by atoms with E-state index in [0.717, 1.165) is 18.2 Å². The highest BCUT2D eigenvalue weighted by molar-refractivity contribution is 7.80. The SMILES string of the molecule is CC1CC=[N+](CCS)CC1. The van der Waals surface area contributed by atoms with Crippen molar-refractivity contribution in [2.45, 2.75) is 19.8 Å². The number of hydrogen-bond donors (Lipinski definition) is 1. The summed E-state index contributed by atoms with van der Waals surface area (Å²) in [7, 11) is 0. The summed E-state index contributed by atoms with van der Waals surface area (Å²) in [5, 5.41) is 0. The van der Waals surface area contributed by atoms with Gasteiger partial charge in [-0.05, 0) is 5.92 Å². The summed E-state index contributed by atoms with van der Waals surface area (Å²) in [6.45, 7) is 4.67. The van der Waals surface area contributed by atoms with Gasteiger partial charge in [0.1, 0.15) is 12.8 Å². The predicted octanol–water partition coefficient (Wildman–Crippen LogP) is 1.43. The number of thiol groups is 1. The number of nitrogens with zero attached hydrogens (tertiary/aromatic N) is 1. The zero-order valence-electron chi connectivity index (χ0n) is 6.58. The Morgan fingerprint density at radius 1 is 1.70 bits per heavy atom. The molecule has 1 heterocycles. The highest BCUT2D eigenvalue weighted by Crippen LogP contribution is 2.09. The molecule has 1 unspecified atom stereocenters. The van der Waals surface area contributed by atoms with Gasteiger partial charge < -0.3 is 0 Å². The molecule has 1 nitrogen and oxygen atoms in total. The van der Waals surface area contributed by atoms with E-state index in [0.29, 0.717) is 0 Å². The molecule has 0 aromatic heterocycles. The average molecular weight is 158 g/mol. The fourth-order valence-corrected chi connectivity index (χ4v) is 1.51. The van der Waals surface area contributed by atoms with E-state index < -0.39 is 0 Å². The lowest BCUT2D eigenvalue weighted by molar-refractivity contribution is -0.525. The van der Waals surface area contributed by atoms with E-state index in [9.17, 15) is 0 Å². The van der Waals surface area contributed by atoms with Crippen LogP contribution in [0.3, 0.4) is 0 Å². The first-order chi connectivity index (χ1) is 4.83. The molecule has 1 aliphatic rings. The number of hydrogen-bond acceptors (Lipinski definition) is 1. The van der Waals surface area contributed by atoms with Crippen molar-refractivity contribution in [1.82, 2.24) is 0 Å². The average Bonchev–Trinajstić information content (AvgIpc) is 1.95. The van der Waals surface area contributed by atoms with Crippen LogP contribution >= 0.6 is 12.6 Å². The first-order valence-electron chi connectivity index (χ1n) is 4.01. The molecule has 1 rings (SSSR count). The van der Waals surface area contributed by atoms with Crippen LogP contribution in [0.2, 0.25) is 0 Å². The normalized spacial score (nSPS) is 26.2. The lowest BCUT2D eigenvalue weighted by Gasteiger charge is -2.12. The third-order valence-electron chi connectivity index (χ3n) is 2.06. The molecule has 58 valence electrons. The lowest BCUT2D eigenvalue weighted by Crippen LogP contribution is -2.24. The minimum atomic E-state index is 0.899. The zero-order chi connectivity index (χ0) is 7.40. The van der Waals surface area contributed by atoms with Gasteiger partial charge in [-0.2, -0.15) is 12.6 Å². The van der Waals surface area contributed by atoms with Gasteiger partial charge in [-0.25, -0.2) is 4.58 Å². The zero-order valence-corrected chi connectivity index (χ0v) is 7.48. The lowest BCUT2D eigenvalue weighted by atomic mass is 10.0. The van der Waals surface area contributed by atoms with Gasteiger partial charge in [0.05, 0.1) is 0 Å². The summed E-state index contributed by atoms with van der Waals surface area (Å²) >= 11 is 4.19. The van der Waals surface area contributed by atoms with E-state index in [1.54, 1.807) is 0 Å². The molecule has 1 atom stereocenters. The van der Waals surface area contributed by atoms with Gasteiger partial charge in [-0.15, -0.1) is 0 Å². The summed E-state index contributed by atoms with van der Waals surface area (Å²) in [5.41, 5.74) is 0. The Balaban J connectivity index is 2.33. The van der Waals surface area contributed by atoms with Gasteiger partial charge >= 0.3 is 0 Å². The summed E-state index contributed by atoms with van der Waals surface area (Å²) in [5.74, 6) is 1.88. The minimum absolute atomic E-state index is 0.899. The van der Waals surface area contributed by atoms with Crippen molar-refractivity contribution >= 4 is 18.8 Å². The van der Waals surface area contributed by atoms with Gasteiger partial charge in [0, 0.05) is 18.6 Å². The molecular formula is C8H16NS+. The van der Waals surface area contributed by atoms with Crippen LogP contribution in [-0.4, -0.2) is 29.6 Å². The van der Waals surface area contributed by atoms with Crippen LogP contribution in [0.25, 0.3) is 0 Å². The molecule has 0 spiro atoms. The summed E-state index contributed by atoms with van der Waals surface area (Å²) in [6.07, 6.45) is 4.93. The first kappa shape index (κ1) is 8.12. The van der Waals surface area contributed by atoms with Crippen molar-refractivity contribution in [2.75, 3.05) is 18.8 Å². The van der Waals surface area contributed by atoms with E-state index >= 15 is 0 Å². The van der Waals surface area contributed by atoms with Crippen LogP contribution in [-0.2, 0) is 0 Å². The second-order valence-corrected chi connectivity index (χ2v) is 3.52. The largest absolute Gasteiger partial charge is 0.239 e. The van der Waals surface area contributed by atoms with Crippen LogP contribution in [0.4, 0.5) is 0 Å². The van der Waals surface area contributed by atoms with Gasteiger partial charge in [-0.3, -0.25) is 0 Å².